The first kappa shape index (κ1) is 9.99. The van der Waals surface area contributed by atoms with Crippen molar-refractivity contribution in [3.8, 4) is 0 Å². The Morgan fingerprint density at radius 3 is 2.64 bits per heavy atom. The molecule has 2 aliphatic heterocycles. The van der Waals surface area contributed by atoms with Gasteiger partial charge in [-0.15, -0.1) is 0 Å². The molecule has 14 heavy (non-hydrogen) atoms. The summed E-state index contributed by atoms with van der Waals surface area (Å²) in [6, 6.07) is 0. The van der Waals surface area contributed by atoms with E-state index in [1.54, 1.807) is 0 Å². The first-order chi connectivity index (χ1) is 6.95. The van der Waals surface area contributed by atoms with Crippen LogP contribution in [0.5, 0.6) is 0 Å². The average Bonchev–Trinajstić information content (AvgIpc) is 2.29. The number of piperidine rings is 1. The highest BCUT2D eigenvalue weighted by atomic mass is 15.2. The molecule has 2 rings (SSSR count). The third-order valence-corrected chi connectivity index (χ3v) is 3.05. The van der Waals surface area contributed by atoms with Gasteiger partial charge in [0.25, 0.3) is 0 Å². The van der Waals surface area contributed by atoms with E-state index in [2.05, 4.69) is 27.4 Å². The molecule has 1 fully saturated rings. The van der Waals surface area contributed by atoms with Crippen LogP contribution in [0.25, 0.3) is 0 Å². The number of likely N-dealkylation sites (tertiary alicyclic amines) is 1. The smallest absolute Gasteiger partial charge is 0.0679 e. The van der Waals surface area contributed by atoms with Gasteiger partial charge in [0.1, 0.15) is 0 Å². The van der Waals surface area contributed by atoms with Gasteiger partial charge in [-0.1, -0.05) is 12.5 Å². The highest BCUT2D eigenvalue weighted by Gasteiger charge is 2.10. The van der Waals surface area contributed by atoms with Crippen molar-refractivity contribution in [1.29, 1.82) is 0 Å². The molecule has 0 spiro atoms. The summed E-state index contributed by atoms with van der Waals surface area (Å²) in [5.41, 5.74) is 0. The second-order valence-corrected chi connectivity index (χ2v) is 4.21. The van der Waals surface area contributed by atoms with Crippen molar-refractivity contribution in [1.82, 2.24) is 15.1 Å². The summed E-state index contributed by atoms with van der Waals surface area (Å²) in [5.74, 6) is 0. The van der Waals surface area contributed by atoms with Crippen LogP contribution in [0, 0.1) is 0 Å². The molecule has 0 aromatic heterocycles. The van der Waals surface area contributed by atoms with Crippen molar-refractivity contribution >= 4 is 0 Å². The summed E-state index contributed by atoms with van der Waals surface area (Å²) in [6.07, 6.45) is 8.64. The summed E-state index contributed by atoms with van der Waals surface area (Å²) in [6.45, 7) is 7.07. The lowest BCUT2D eigenvalue weighted by Gasteiger charge is -2.30. The summed E-state index contributed by atoms with van der Waals surface area (Å²) in [4.78, 5) is 4.95. The average molecular weight is 195 g/mol. The van der Waals surface area contributed by atoms with E-state index in [1.165, 1.54) is 45.4 Å². The Hall–Kier alpha value is -0.540. The summed E-state index contributed by atoms with van der Waals surface area (Å²) >= 11 is 0. The van der Waals surface area contributed by atoms with Crippen LogP contribution in [0.3, 0.4) is 0 Å². The van der Waals surface area contributed by atoms with E-state index in [0.29, 0.717) is 0 Å². The van der Waals surface area contributed by atoms with E-state index < -0.39 is 0 Å². The summed E-state index contributed by atoms with van der Waals surface area (Å²) < 4.78 is 0. The third kappa shape index (κ3) is 3.00. The normalized spacial score (nSPS) is 24.1. The second-order valence-electron chi connectivity index (χ2n) is 4.21. The number of nitrogens with zero attached hydrogens (tertiary/aromatic N) is 2. The minimum atomic E-state index is 1.02. The Morgan fingerprint density at radius 2 is 1.93 bits per heavy atom. The zero-order valence-corrected chi connectivity index (χ0v) is 8.91. The molecule has 0 saturated carbocycles. The Kier molecular flexibility index (Phi) is 3.83. The van der Waals surface area contributed by atoms with Crippen molar-refractivity contribution in [3.63, 3.8) is 0 Å². The molecule has 80 valence electrons. The molecule has 2 heterocycles. The molecule has 0 bridgehead atoms. The molecule has 3 nitrogen and oxygen atoms in total. The summed E-state index contributed by atoms with van der Waals surface area (Å²) in [5, 5.41) is 3.34. The maximum atomic E-state index is 3.34. The van der Waals surface area contributed by atoms with Crippen LogP contribution in [-0.2, 0) is 0 Å². The predicted molar refractivity (Wildman–Crippen MR) is 59.0 cm³/mol. The number of nitrogens with one attached hydrogen (secondary N) is 1. The predicted octanol–water partition coefficient (Wildman–Crippen LogP) is 0.849. The zero-order chi connectivity index (χ0) is 9.64. The molecule has 2 aliphatic rings. The molecule has 1 saturated heterocycles. The van der Waals surface area contributed by atoms with Gasteiger partial charge in [0.15, 0.2) is 0 Å². The van der Waals surface area contributed by atoms with Crippen LogP contribution in [-0.4, -0.2) is 49.2 Å². The molecular weight excluding hydrogens is 174 g/mol. The van der Waals surface area contributed by atoms with Gasteiger partial charge in [0, 0.05) is 19.6 Å². The van der Waals surface area contributed by atoms with Gasteiger partial charge in [-0.2, -0.15) is 0 Å². The molecule has 0 aromatic rings. The lowest BCUT2D eigenvalue weighted by Crippen LogP contribution is -2.40. The van der Waals surface area contributed by atoms with Crippen molar-refractivity contribution in [2.45, 2.75) is 19.3 Å². The quantitative estimate of drug-likeness (QED) is 0.720. The SMILES string of the molecule is C1=CN(CCN2CCCCC2)CNC1. The molecular formula is C11H21N3. The van der Waals surface area contributed by atoms with E-state index in [9.17, 15) is 0 Å². The highest BCUT2D eigenvalue weighted by Crippen LogP contribution is 2.08. The van der Waals surface area contributed by atoms with Crippen LogP contribution >= 0.6 is 0 Å². The maximum Gasteiger partial charge on any atom is 0.0679 e. The number of hydrogen-bond donors (Lipinski definition) is 1. The number of rotatable bonds is 3. The molecule has 0 unspecified atom stereocenters. The Bertz CT molecular complexity index is 185. The molecule has 0 amide bonds. The number of hydrogen-bond acceptors (Lipinski definition) is 3. The minimum absolute atomic E-state index is 1.02. The first-order valence-corrected chi connectivity index (χ1v) is 5.79. The standard InChI is InChI=1S/C11H21N3/c1-2-6-13(7-3-1)9-10-14-8-4-5-12-11-14/h4,8,12H,1-3,5-7,9-11H2. The van der Waals surface area contributed by atoms with E-state index in [-0.39, 0.29) is 0 Å². The molecule has 0 aliphatic carbocycles. The van der Waals surface area contributed by atoms with E-state index in [1.807, 2.05) is 0 Å². The Morgan fingerprint density at radius 1 is 1.07 bits per heavy atom. The van der Waals surface area contributed by atoms with Gasteiger partial charge in [0.2, 0.25) is 0 Å². The lowest BCUT2D eigenvalue weighted by molar-refractivity contribution is 0.199. The fraction of sp³-hybridized carbons (Fsp3) is 0.818. The fourth-order valence-corrected chi connectivity index (χ4v) is 2.15. The first-order valence-electron chi connectivity index (χ1n) is 5.79. The molecule has 0 atom stereocenters. The van der Waals surface area contributed by atoms with Crippen LogP contribution < -0.4 is 5.32 Å². The Labute approximate surface area is 86.8 Å². The van der Waals surface area contributed by atoms with Gasteiger partial charge < -0.3 is 9.80 Å². The van der Waals surface area contributed by atoms with E-state index in [0.717, 1.165) is 13.2 Å². The van der Waals surface area contributed by atoms with E-state index >= 15 is 0 Å². The van der Waals surface area contributed by atoms with Gasteiger partial charge in [0.05, 0.1) is 6.67 Å². The third-order valence-electron chi connectivity index (χ3n) is 3.05. The molecule has 0 aromatic carbocycles. The van der Waals surface area contributed by atoms with Gasteiger partial charge >= 0.3 is 0 Å². The zero-order valence-electron chi connectivity index (χ0n) is 8.91. The fourth-order valence-electron chi connectivity index (χ4n) is 2.15. The van der Waals surface area contributed by atoms with Crippen molar-refractivity contribution in [2.24, 2.45) is 0 Å². The maximum absolute atomic E-state index is 3.34. The van der Waals surface area contributed by atoms with Crippen LogP contribution in [0.1, 0.15) is 19.3 Å². The Balaban J connectivity index is 1.65. The van der Waals surface area contributed by atoms with Gasteiger partial charge in [-0.05, 0) is 32.1 Å². The van der Waals surface area contributed by atoms with Gasteiger partial charge in [-0.3, -0.25) is 5.32 Å². The van der Waals surface area contributed by atoms with Crippen LogP contribution in [0.2, 0.25) is 0 Å². The van der Waals surface area contributed by atoms with Crippen molar-refractivity contribution in [3.05, 3.63) is 12.3 Å². The van der Waals surface area contributed by atoms with Crippen LogP contribution in [0.4, 0.5) is 0 Å². The lowest BCUT2D eigenvalue weighted by atomic mass is 10.1. The van der Waals surface area contributed by atoms with E-state index in [4.69, 9.17) is 0 Å². The molecule has 1 N–H and O–H groups in total. The molecule has 3 heteroatoms. The monoisotopic (exact) mass is 195 g/mol. The van der Waals surface area contributed by atoms with Gasteiger partial charge in [-0.25, -0.2) is 0 Å². The summed E-state index contributed by atoms with van der Waals surface area (Å²) in [7, 11) is 0. The topological polar surface area (TPSA) is 18.5 Å². The highest BCUT2D eigenvalue weighted by molar-refractivity contribution is 4.88. The second kappa shape index (κ2) is 5.37. The van der Waals surface area contributed by atoms with Crippen molar-refractivity contribution < 1.29 is 0 Å². The van der Waals surface area contributed by atoms with Crippen LogP contribution in [0.15, 0.2) is 12.3 Å². The molecule has 0 radical (unpaired) electrons. The minimum Gasteiger partial charge on any atom is -0.364 e. The van der Waals surface area contributed by atoms with Crippen molar-refractivity contribution in [2.75, 3.05) is 39.4 Å². The largest absolute Gasteiger partial charge is 0.364 e.